The second-order valence-corrected chi connectivity index (χ2v) is 5.74. The van der Waals surface area contributed by atoms with Crippen LogP contribution in [0.5, 0.6) is 0 Å². The van der Waals surface area contributed by atoms with E-state index < -0.39 is 0 Å². The third-order valence-electron chi connectivity index (χ3n) is 4.46. The molecule has 1 atom stereocenters. The number of nitrogens with zero attached hydrogens (tertiary/aromatic N) is 1. The molecule has 4 heteroatoms. The van der Waals surface area contributed by atoms with Gasteiger partial charge in [-0.2, -0.15) is 0 Å². The molecule has 0 bridgehead atoms. The lowest BCUT2D eigenvalue weighted by molar-refractivity contribution is -0.134. The minimum absolute atomic E-state index is 0.00910. The van der Waals surface area contributed by atoms with E-state index in [1.165, 1.54) is 0 Å². The molecule has 1 N–H and O–H groups in total. The number of benzene rings is 1. The predicted molar refractivity (Wildman–Crippen MR) is 78.9 cm³/mol. The van der Waals surface area contributed by atoms with Gasteiger partial charge in [0.05, 0.1) is 5.92 Å². The van der Waals surface area contributed by atoms with Crippen molar-refractivity contribution in [3.05, 3.63) is 29.8 Å². The zero-order valence-electron chi connectivity index (χ0n) is 12.0. The number of nitrogens with one attached hydrogen (secondary N) is 1. The lowest BCUT2D eigenvalue weighted by Crippen LogP contribution is -2.42. The summed E-state index contributed by atoms with van der Waals surface area (Å²) in [4.78, 5) is 14.7. The van der Waals surface area contributed by atoms with Crippen LogP contribution in [0.1, 0.15) is 24.3 Å². The standard InChI is InChI=1S/C16H22N2O2/c1-20-11-12-6-8-18(9-7-12)16(19)14-10-17-15-5-3-2-4-13(14)15/h2-5,12,14,17H,6-11H2,1H3. The van der Waals surface area contributed by atoms with Crippen LogP contribution in [0.3, 0.4) is 0 Å². The number of piperidine rings is 1. The Labute approximate surface area is 120 Å². The molecule has 20 heavy (non-hydrogen) atoms. The van der Waals surface area contributed by atoms with Crippen LogP contribution in [0.4, 0.5) is 5.69 Å². The minimum Gasteiger partial charge on any atom is -0.384 e. The van der Waals surface area contributed by atoms with Crippen molar-refractivity contribution in [3.63, 3.8) is 0 Å². The summed E-state index contributed by atoms with van der Waals surface area (Å²) in [6, 6.07) is 8.13. The summed E-state index contributed by atoms with van der Waals surface area (Å²) < 4.78 is 5.21. The normalized spacial score (nSPS) is 22.4. The summed E-state index contributed by atoms with van der Waals surface area (Å²) in [5.41, 5.74) is 2.26. The van der Waals surface area contributed by atoms with Gasteiger partial charge in [-0.25, -0.2) is 0 Å². The van der Waals surface area contributed by atoms with Crippen molar-refractivity contribution >= 4 is 11.6 Å². The number of hydrogen-bond donors (Lipinski definition) is 1. The maximum atomic E-state index is 12.7. The zero-order chi connectivity index (χ0) is 13.9. The van der Waals surface area contributed by atoms with E-state index in [1.807, 2.05) is 23.1 Å². The number of carbonyl (C=O) groups excluding carboxylic acids is 1. The summed E-state index contributed by atoms with van der Waals surface area (Å²) in [7, 11) is 1.75. The van der Waals surface area contributed by atoms with Crippen molar-refractivity contribution in [1.82, 2.24) is 4.90 Å². The molecule has 1 aromatic carbocycles. The van der Waals surface area contributed by atoms with Crippen molar-refractivity contribution in [2.75, 3.05) is 38.7 Å². The van der Waals surface area contributed by atoms with E-state index in [-0.39, 0.29) is 11.8 Å². The molecule has 1 fully saturated rings. The Balaban J connectivity index is 1.64. The topological polar surface area (TPSA) is 41.6 Å². The maximum Gasteiger partial charge on any atom is 0.231 e. The number of anilines is 1. The number of para-hydroxylation sites is 1. The second-order valence-electron chi connectivity index (χ2n) is 5.74. The molecule has 3 rings (SSSR count). The van der Waals surface area contributed by atoms with Gasteiger partial charge in [-0.1, -0.05) is 18.2 Å². The molecule has 0 radical (unpaired) electrons. The molecule has 2 aliphatic rings. The Hall–Kier alpha value is -1.55. The lowest BCUT2D eigenvalue weighted by atomic mass is 9.94. The van der Waals surface area contributed by atoms with E-state index >= 15 is 0 Å². The number of rotatable bonds is 3. The van der Waals surface area contributed by atoms with Crippen LogP contribution in [0.15, 0.2) is 24.3 Å². The zero-order valence-corrected chi connectivity index (χ0v) is 12.0. The average molecular weight is 274 g/mol. The highest BCUT2D eigenvalue weighted by Crippen LogP contribution is 2.33. The number of hydrogen-bond acceptors (Lipinski definition) is 3. The molecule has 1 saturated heterocycles. The molecule has 0 aromatic heterocycles. The van der Waals surface area contributed by atoms with Crippen LogP contribution < -0.4 is 5.32 Å². The molecule has 0 saturated carbocycles. The highest BCUT2D eigenvalue weighted by atomic mass is 16.5. The van der Waals surface area contributed by atoms with E-state index in [4.69, 9.17) is 4.74 Å². The number of fused-ring (bicyclic) bond motifs is 1. The van der Waals surface area contributed by atoms with Gasteiger partial charge in [-0.3, -0.25) is 4.79 Å². The van der Waals surface area contributed by atoms with Crippen molar-refractivity contribution in [3.8, 4) is 0 Å². The van der Waals surface area contributed by atoms with Gasteiger partial charge in [-0.15, -0.1) is 0 Å². The van der Waals surface area contributed by atoms with Crippen LogP contribution in [0, 0.1) is 5.92 Å². The Kier molecular flexibility index (Phi) is 3.92. The van der Waals surface area contributed by atoms with Crippen LogP contribution in [0.25, 0.3) is 0 Å². The third kappa shape index (κ3) is 2.52. The van der Waals surface area contributed by atoms with Crippen LogP contribution in [-0.4, -0.2) is 44.2 Å². The molecule has 2 heterocycles. The molecule has 0 aliphatic carbocycles. The van der Waals surface area contributed by atoms with Crippen molar-refractivity contribution < 1.29 is 9.53 Å². The van der Waals surface area contributed by atoms with E-state index in [2.05, 4.69) is 11.4 Å². The SMILES string of the molecule is COCC1CCN(C(=O)C2CNc3ccccc32)CC1. The summed E-state index contributed by atoms with van der Waals surface area (Å²) in [6.07, 6.45) is 2.11. The largest absolute Gasteiger partial charge is 0.384 e. The lowest BCUT2D eigenvalue weighted by Gasteiger charge is -2.33. The number of ether oxygens (including phenoxy) is 1. The van der Waals surface area contributed by atoms with Gasteiger partial charge in [0.2, 0.25) is 5.91 Å². The summed E-state index contributed by atoms with van der Waals surface area (Å²) in [6.45, 7) is 3.28. The van der Waals surface area contributed by atoms with Gasteiger partial charge < -0.3 is 15.0 Å². The fourth-order valence-corrected chi connectivity index (χ4v) is 3.28. The first-order valence-electron chi connectivity index (χ1n) is 7.40. The van der Waals surface area contributed by atoms with E-state index in [0.29, 0.717) is 5.92 Å². The molecule has 2 aliphatic heterocycles. The van der Waals surface area contributed by atoms with Crippen molar-refractivity contribution in [2.24, 2.45) is 5.92 Å². The number of methoxy groups -OCH3 is 1. The molecular weight excluding hydrogens is 252 g/mol. The molecular formula is C16H22N2O2. The second kappa shape index (κ2) is 5.83. The Bertz CT molecular complexity index is 481. The first-order chi connectivity index (χ1) is 9.79. The highest BCUT2D eigenvalue weighted by Gasteiger charge is 2.33. The quantitative estimate of drug-likeness (QED) is 0.917. The van der Waals surface area contributed by atoms with Crippen LogP contribution in [0.2, 0.25) is 0 Å². The summed E-state index contributed by atoms with van der Waals surface area (Å²) >= 11 is 0. The molecule has 1 aromatic rings. The molecule has 108 valence electrons. The molecule has 0 spiro atoms. The van der Waals surface area contributed by atoms with Crippen molar-refractivity contribution in [1.29, 1.82) is 0 Å². The molecule has 1 amide bonds. The third-order valence-corrected chi connectivity index (χ3v) is 4.46. The Morgan fingerprint density at radius 2 is 2.10 bits per heavy atom. The number of carbonyl (C=O) groups is 1. The van der Waals surface area contributed by atoms with E-state index in [1.54, 1.807) is 7.11 Å². The molecule has 1 unspecified atom stereocenters. The van der Waals surface area contributed by atoms with E-state index in [0.717, 1.165) is 50.3 Å². The van der Waals surface area contributed by atoms with Gasteiger partial charge in [0.25, 0.3) is 0 Å². The summed E-state index contributed by atoms with van der Waals surface area (Å²) in [5, 5.41) is 3.33. The van der Waals surface area contributed by atoms with Gasteiger partial charge in [0, 0.05) is 39.0 Å². The monoisotopic (exact) mass is 274 g/mol. The molecule has 4 nitrogen and oxygen atoms in total. The number of amides is 1. The van der Waals surface area contributed by atoms with Gasteiger partial charge in [0.1, 0.15) is 0 Å². The number of likely N-dealkylation sites (tertiary alicyclic amines) is 1. The van der Waals surface area contributed by atoms with Crippen LogP contribution in [-0.2, 0) is 9.53 Å². The van der Waals surface area contributed by atoms with Crippen LogP contribution >= 0.6 is 0 Å². The average Bonchev–Trinajstić information content (AvgIpc) is 2.92. The first kappa shape index (κ1) is 13.4. The first-order valence-corrected chi connectivity index (χ1v) is 7.40. The Morgan fingerprint density at radius 3 is 2.85 bits per heavy atom. The predicted octanol–water partition coefficient (Wildman–Crippen LogP) is 2.08. The highest BCUT2D eigenvalue weighted by molar-refractivity contribution is 5.88. The van der Waals surface area contributed by atoms with Gasteiger partial charge >= 0.3 is 0 Å². The van der Waals surface area contributed by atoms with Gasteiger partial charge in [-0.05, 0) is 30.4 Å². The fraction of sp³-hybridized carbons (Fsp3) is 0.562. The maximum absolute atomic E-state index is 12.7. The summed E-state index contributed by atoms with van der Waals surface area (Å²) in [5.74, 6) is 0.876. The smallest absolute Gasteiger partial charge is 0.231 e. The van der Waals surface area contributed by atoms with E-state index in [9.17, 15) is 4.79 Å². The Morgan fingerprint density at radius 1 is 1.35 bits per heavy atom. The fourth-order valence-electron chi connectivity index (χ4n) is 3.28. The van der Waals surface area contributed by atoms with Crippen molar-refractivity contribution in [2.45, 2.75) is 18.8 Å². The minimum atomic E-state index is -0.00910. The van der Waals surface area contributed by atoms with Gasteiger partial charge in [0.15, 0.2) is 0 Å².